The summed E-state index contributed by atoms with van der Waals surface area (Å²) in [6, 6.07) is 5.23. The highest BCUT2D eigenvalue weighted by Crippen LogP contribution is 2.32. The molecule has 0 spiro atoms. The first-order valence-electron chi connectivity index (χ1n) is 8.12. The number of anilines is 1. The molecule has 4 nitrogen and oxygen atoms in total. The highest BCUT2D eigenvalue weighted by atomic mass is 35.5. The van der Waals surface area contributed by atoms with E-state index in [9.17, 15) is 4.79 Å². The minimum atomic E-state index is -0.157. The first kappa shape index (κ1) is 20.2. The third-order valence-electron chi connectivity index (χ3n) is 4.00. The topological polar surface area (TPSA) is 45.2 Å². The first-order valence-corrected chi connectivity index (χ1v) is 9.69. The number of para-hydroxylation sites is 1. The molecule has 0 saturated carbocycles. The summed E-state index contributed by atoms with van der Waals surface area (Å²) in [7, 11) is 1.92. The molecule has 136 valence electrons. The van der Waals surface area contributed by atoms with Gasteiger partial charge in [0.25, 0.3) is 0 Å². The van der Waals surface area contributed by atoms with Gasteiger partial charge >= 0.3 is 0 Å². The van der Waals surface area contributed by atoms with E-state index >= 15 is 0 Å². The van der Waals surface area contributed by atoms with Crippen LogP contribution in [0.25, 0.3) is 0 Å². The quantitative estimate of drug-likeness (QED) is 0.695. The fraction of sp³-hybridized carbons (Fsp3) is 0.444. The Labute approximate surface area is 163 Å². The van der Waals surface area contributed by atoms with E-state index < -0.39 is 0 Å². The molecule has 2 rings (SSSR count). The molecule has 1 aromatic heterocycles. The largest absolute Gasteiger partial charge is 0.322 e. The molecular formula is C18H23Cl2N3OS. The standard InChI is InChI=1S/C18H23Cl2N3OS/c1-10(2)18-21-11(3)17(25-18)12(4)23(5)9-15(24)22-16-13(19)7-6-8-14(16)20/h6-8,10,12H,9H2,1-5H3,(H,22,24). The number of hydrogen-bond acceptors (Lipinski definition) is 4. The molecule has 0 aliphatic carbocycles. The normalized spacial score (nSPS) is 12.7. The number of nitrogens with one attached hydrogen (secondary N) is 1. The van der Waals surface area contributed by atoms with E-state index in [1.807, 2.05) is 18.9 Å². The molecule has 2 aromatic rings. The Morgan fingerprint density at radius 2 is 1.88 bits per heavy atom. The molecule has 1 heterocycles. The summed E-state index contributed by atoms with van der Waals surface area (Å²) in [4.78, 5) is 20.2. The Morgan fingerprint density at radius 1 is 1.28 bits per heavy atom. The summed E-state index contributed by atoms with van der Waals surface area (Å²) in [5.74, 6) is 0.247. The van der Waals surface area contributed by atoms with Crippen LogP contribution in [-0.2, 0) is 4.79 Å². The monoisotopic (exact) mass is 399 g/mol. The average Bonchev–Trinajstić information content (AvgIpc) is 2.92. The molecule has 0 aliphatic heterocycles. The Morgan fingerprint density at radius 3 is 2.40 bits per heavy atom. The lowest BCUT2D eigenvalue weighted by atomic mass is 10.2. The maximum absolute atomic E-state index is 12.4. The predicted octanol–water partition coefficient (Wildman–Crippen LogP) is 5.51. The number of aryl methyl sites for hydroxylation is 1. The zero-order valence-electron chi connectivity index (χ0n) is 15.1. The van der Waals surface area contributed by atoms with Gasteiger partial charge in [-0.15, -0.1) is 11.3 Å². The molecule has 7 heteroatoms. The fourth-order valence-electron chi connectivity index (χ4n) is 2.42. The van der Waals surface area contributed by atoms with E-state index in [0.29, 0.717) is 21.7 Å². The summed E-state index contributed by atoms with van der Waals surface area (Å²) >= 11 is 13.9. The summed E-state index contributed by atoms with van der Waals surface area (Å²) in [6.07, 6.45) is 0. The van der Waals surface area contributed by atoms with Gasteiger partial charge in [0.05, 0.1) is 33.0 Å². The predicted molar refractivity (Wildman–Crippen MR) is 107 cm³/mol. The van der Waals surface area contributed by atoms with Gasteiger partial charge in [-0.2, -0.15) is 0 Å². The van der Waals surface area contributed by atoms with Gasteiger partial charge in [-0.05, 0) is 33.0 Å². The number of rotatable bonds is 6. The lowest BCUT2D eigenvalue weighted by Crippen LogP contribution is -2.32. The van der Waals surface area contributed by atoms with Gasteiger partial charge in [-0.3, -0.25) is 9.69 Å². The van der Waals surface area contributed by atoms with Crippen LogP contribution >= 0.6 is 34.5 Å². The second-order valence-electron chi connectivity index (χ2n) is 6.39. The van der Waals surface area contributed by atoms with Crippen LogP contribution in [0.3, 0.4) is 0 Å². The number of aromatic nitrogens is 1. The second kappa shape index (κ2) is 8.49. The Bertz CT molecular complexity index is 741. The number of carbonyl (C=O) groups is 1. The van der Waals surface area contributed by atoms with Crippen LogP contribution in [0.1, 0.15) is 48.3 Å². The maximum Gasteiger partial charge on any atom is 0.238 e. The van der Waals surface area contributed by atoms with Crippen LogP contribution in [0.15, 0.2) is 18.2 Å². The highest BCUT2D eigenvalue weighted by molar-refractivity contribution is 7.11. The average molecular weight is 400 g/mol. The highest BCUT2D eigenvalue weighted by Gasteiger charge is 2.21. The molecule has 1 N–H and O–H groups in total. The van der Waals surface area contributed by atoms with Crippen molar-refractivity contribution < 1.29 is 4.79 Å². The van der Waals surface area contributed by atoms with E-state index in [1.54, 1.807) is 29.5 Å². The molecule has 0 saturated heterocycles. The number of thiazole rings is 1. The minimum Gasteiger partial charge on any atom is -0.322 e. The minimum absolute atomic E-state index is 0.0949. The fourth-order valence-corrected chi connectivity index (χ4v) is 4.10. The first-order chi connectivity index (χ1) is 11.7. The van der Waals surface area contributed by atoms with Crippen molar-refractivity contribution >= 4 is 46.1 Å². The van der Waals surface area contributed by atoms with Crippen LogP contribution in [0, 0.1) is 6.92 Å². The van der Waals surface area contributed by atoms with Crippen molar-refractivity contribution in [1.82, 2.24) is 9.88 Å². The summed E-state index contributed by atoms with van der Waals surface area (Å²) in [6.45, 7) is 8.61. The molecule has 0 aliphatic rings. The number of likely N-dealkylation sites (N-methyl/N-ethyl adjacent to an activating group) is 1. The van der Waals surface area contributed by atoms with Crippen molar-refractivity contribution in [1.29, 1.82) is 0 Å². The van der Waals surface area contributed by atoms with Crippen LogP contribution in [0.5, 0.6) is 0 Å². The van der Waals surface area contributed by atoms with Gasteiger partial charge in [-0.1, -0.05) is 43.1 Å². The Balaban J connectivity index is 2.06. The van der Waals surface area contributed by atoms with E-state index in [2.05, 4.69) is 31.1 Å². The van der Waals surface area contributed by atoms with E-state index in [0.717, 1.165) is 10.7 Å². The third-order valence-corrected chi connectivity index (χ3v) is 6.26. The van der Waals surface area contributed by atoms with Gasteiger partial charge in [0, 0.05) is 16.8 Å². The second-order valence-corrected chi connectivity index (χ2v) is 8.27. The molecule has 1 unspecified atom stereocenters. The summed E-state index contributed by atoms with van der Waals surface area (Å²) < 4.78 is 0. The molecule has 1 aromatic carbocycles. The van der Waals surface area contributed by atoms with Crippen molar-refractivity contribution in [3.05, 3.63) is 43.8 Å². The van der Waals surface area contributed by atoms with Crippen molar-refractivity contribution in [2.24, 2.45) is 0 Å². The van der Waals surface area contributed by atoms with Crippen LogP contribution in [-0.4, -0.2) is 29.4 Å². The van der Waals surface area contributed by atoms with E-state index in [-0.39, 0.29) is 18.5 Å². The van der Waals surface area contributed by atoms with Crippen LogP contribution in [0.2, 0.25) is 10.0 Å². The molecule has 25 heavy (non-hydrogen) atoms. The lowest BCUT2D eigenvalue weighted by Gasteiger charge is -2.23. The number of hydrogen-bond donors (Lipinski definition) is 1. The van der Waals surface area contributed by atoms with E-state index in [1.165, 1.54) is 4.88 Å². The zero-order valence-corrected chi connectivity index (χ0v) is 17.4. The molecule has 0 bridgehead atoms. The Hall–Kier alpha value is -1.14. The van der Waals surface area contributed by atoms with Gasteiger partial charge < -0.3 is 5.32 Å². The van der Waals surface area contributed by atoms with E-state index in [4.69, 9.17) is 23.2 Å². The Kier molecular flexibility index (Phi) is 6.86. The maximum atomic E-state index is 12.4. The molecule has 0 radical (unpaired) electrons. The van der Waals surface area contributed by atoms with Crippen LogP contribution in [0.4, 0.5) is 5.69 Å². The number of nitrogens with zero attached hydrogens (tertiary/aromatic N) is 2. The lowest BCUT2D eigenvalue weighted by molar-refractivity contribution is -0.117. The number of amides is 1. The SMILES string of the molecule is Cc1nc(C(C)C)sc1C(C)N(C)CC(=O)Nc1c(Cl)cccc1Cl. The van der Waals surface area contributed by atoms with Crippen molar-refractivity contribution in [2.45, 2.75) is 39.7 Å². The van der Waals surface area contributed by atoms with Crippen LogP contribution < -0.4 is 5.32 Å². The van der Waals surface area contributed by atoms with Gasteiger partial charge in [0.15, 0.2) is 0 Å². The number of carbonyl (C=O) groups excluding carboxylic acids is 1. The third kappa shape index (κ3) is 4.94. The molecule has 0 fully saturated rings. The van der Waals surface area contributed by atoms with Crippen molar-refractivity contribution in [3.8, 4) is 0 Å². The molecular weight excluding hydrogens is 377 g/mol. The summed E-state index contributed by atoms with van der Waals surface area (Å²) in [5.41, 5.74) is 1.48. The van der Waals surface area contributed by atoms with Crippen molar-refractivity contribution in [2.75, 3.05) is 18.9 Å². The smallest absolute Gasteiger partial charge is 0.238 e. The van der Waals surface area contributed by atoms with Crippen molar-refractivity contribution in [3.63, 3.8) is 0 Å². The number of halogens is 2. The van der Waals surface area contributed by atoms with Gasteiger partial charge in [-0.25, -0.2) is 4.98 Å². The molecule has 1 atom stereocenters. The van der Waals surface area contributed by atoms with Gasteiger partial charge in [0.1, 0.15) is 0 Å². The summed E-state index contributed by atoms with van der Waals surface area (Å²) in [5, 5.41) is 4.78. The number of benzene rings is 1. The zero-order chi connectivity index (χ0) is 18.7. The molecule has 1 amide bonds. The van der Waals surface area contributed by atoms with Gasteiger partial charge in [0.2, 0.25) is 5.91 Å².